The number of rotatable bonds is 4. The van der Waals surface area contributed by atoms with E-state index in [4.69, 9.17) is 0 Å². The fourth-order valence-electron chi connectivity index (χ4n) is 3.14. The van der Waals surface area contributed by atoms with E-state index in [2.05, 4.69) is 20.1 Å². The lowest BCUT2D eigenvalue weighted by atomic mass is 10.1. The van der Waals surface area contributed by atoms with Gasteiger partial charge in [0.25, 0.3) is 11.6 Å². The van der Waals surface area contributed by atoms with Crippen LogP contribution in [0.3, 0.4) is 0 Å². The molecule has 6 nitrogen and oxygen atoms in total. The van der Waals surface area contributed by atoms with Gasteiger partial charge in [-0.15, -0.1) is 5.10 Å². The third kappa shape index (κ3) is 3.09. The molecule has 1 aromatic carbocycles. The summed E-state index contributed by atoms with van der Waals surface area (Å²) in [6.45, 7) is 4.77. The molecule has 4 rings (SSSR count). The van der Waals surface area contributed by atoms with Gasteiger partial charge >= 0.3 is 6.18 Å². The van der Waals surface area contributed by atoms with Crippen molar-refractivity contribution < 1.29 is 13.2 Å². The van der Waals surface area contributed by atoms with Gasteiger partial charge in [0, 0.05) is 41.9 Å². The molecule has 0 saturated carbocycles. The molecular weight excluding hydrogens is 357 g/mol. The number of halogens is 3. The second kappa shape index (κ2) is 6.26. The zero-order chi connectivity index (χ0) is 19.2. The topological polar surface area (TPSA) is 62.1 Å². The maximum Gasteiger partial charge on any atom is 0.453 e. The maximum atomic E-state index is 13.0. The van der Waals surface area contributed by atoms with Crippen LogP contribution in [0.2, 0.25) is 0 Å². The average Bonchev–Trinajstić information content (AvgIpc) is 3.23. The van der Waals surface area contributed by atoms with Crippen molar-refractivity contribution in [3.05, 3.63) is 53.6 Å². The van der Waals surface area contributed by atoms with E-state index in [0.29, 0.717) is 24.6 Å². The number of alkyl halides is 3. The molecule has 0 unspecified atom stereocenters. The van der Waals surface area contributed by atoms with Crippen molar-refractivity contribution in [3.8, 4) is 0 Å². The van der Waals surface area contributed by atoms with Gasteiger partial charge in [-0.1, -0.05) is 18.2 Å². The van der Waals surface area contributed by atoms with Gasteiger partial charge < -0.3 is 9.88 Å². The minimum atomic E-state index is -4.62. The Kier molecular flexibility index (Phi) is 4.01. The molecule has 0 spiro atoms. The van der Waals surface area contributed by atoms with E-state index in [-0.39, 0.29) is 5.78 Å². The molecule has 1 N–H and O–H groups in total. The van der Waals surface area contributed by atoms with Crippen LogP contribution in [0.5, 0.6) is 0 Å². The number of nitrogens with zero attached hydrogens (tertiary/aromatic N) is 5. The van der Waals surface area contributed by atoms with Crippen molar-refractivity contribution in [1.82, 2.24) is 24.6 Å². The van der Waals surface area contributed by atoms with Gasteiger partial charge in [-0.25, -0.2) is 4.98 Å². The van der Waals surface area contributed by atoms with Crippen molar-refractivity contribution in [2.75, 3.05) is 11.4 Å². The number of fused-ring (bicyclic) bond motifs is 2. The molecule has 0 radical (unpaired) electrons. The number of aryl methyl sites for hydroxylation is 1. The summed E-state index contributed by atoms with van der Waals surface area (Å²) < 4.78 is 40.3. The Bertz CT molecular complexity index is 1110. The molecule has 9 heteroatoms. The average molecular weight is 374 g/mol. The fraction of sp³-hybridized carbons (Fsp3) is 0.278. The highest BCUT2D eigenvalue weighted by Crippen LogP contribution is 2.28. The second-order valence-electron chi connectivity index (χ2n) is 6.27. The van der Waals surface area contributed by atoms with Crippen LogP contribution in [-0.4, -0.2) is 31.1 Å². The summed E-state index contributed by atoms with van der Waals surface area (Å²) in [6, 6.07) is 9.62. The molecule has 0 aliphatic carbocycles. The SMILES string of the molecule is CCN(Cc1c[nH]c2ccccc12)c1cc(C)nc2nc(C(F)(F)F)nn12. The van der Waals surface area contributed by atoms with E-state index in [0.717, 1.165) is 21.0 Å². The molecule has 27 heavy (non-hydrogen) atoms. The highest BCUT2D eigenvalue weighted by Gasteiger charge is 2.37. The Morgan fingerprint density at radius 3 is 2.70 bits per heavy atom. The number of hydrogen-bond acceptors (Lipinski definition) is 4. The summed E-state index contributed by atoms with van der Waals surface area (Å²) in [5.74, 6) is -0.729. The first-order chi connectivity index (χ1) is 12.9. The molecule has 3 heterocycles. The summed E-state index contributed by atoms with van der Waals surface area (Å²) in [5.41, 5.74) is 2.64. The van der Waals surface area contributed by atoms with Gasteiger partial charge in [-0.2, -0.15) is 22.7 Å². The van der Waals surface area contributed by atoms with E-state index in [1.807, 2.05) is 42.3 Å². The van der Waals surface area contributed by atoms with Crippen molar-refractivity contribution >= 4 is 22.5 Å². The molecule has 0 atom stereocenters. The Balaban J connectivity index is 1.80. The number of aromatic nitrogens is 5. The van der Waals surface area contributed by atoms with Crippen molar-refractivity contribution in [1.29, 1.82) is 0 Å². The van der Waals surface area contributed by atoms with Crippen molar-refractivity contribution in [2.24, 2.45) is 0 Å². The zero-order valence-corrected chi connectivity index (χ0v) is 14.7. The lowest BCUT2D eigenvalue weighted by Gasteiger charge is -2.23. The van der Waals surface area contributed by atoms with Gasteiger partial charge in [-0.3, -0.25) is 0 Å². The molecule has 0 aliphatic rings. The largest absolute Gasteiger partial charge is 0.453 e. The van der Waals surface area contributed by atoms with E-state index in [1.54, 1.807) is 13.0 Å². The van der Waals surface area contributed by atoms with E-state index >= 15 is 0 Å². The zero-order valence-electron chi connectivity index (χ0n) is 14.7. The Hall–Kier alpha value is -3.10. The van der Waals surface area contributed by atoms with E-state index in [9.17, 15) is 13.2 Å². The molecule has 140 valence electrons. The molecule has 3 aromatic heterocycles. The first-order valence-corrected chi connectivity index (χ1v) is 8.48. The van der Waals surface area contributed by atoms with Gasteiger partial charge in [0.15, 0.2) is 0 Å². The number of nitrogens with one attached hydrogen (secondary N) is 1. The van der Waals surface area contributed by atoms with Crippen LogP contribution in [0.15, 0.2) is 36.5 Å². The molecule has 0 bridgehead atoms. The summed E-state index contributed by atoms with van der Waals surface area (Å²) in [4.78, 5) is 12.8. The lowest BCUT2D eigenvalue weighted by Crippen LogP contribution is -2.25. The Morgan fingerprint density at radius 2 is 1.96 bits per heavy atom. The van der Waals surface area contributed by atoms with Crippen LogP contribution in [-0.2, 0) is 12.7 Å². The number of aromatic amines is 1. The minimum absolute atomic E-state index is 0.0605. The third-order valence-electron chi connectivity index (χ3n) is 4.42. The quantitative estimate of drug-likeness (QED) is 0.587. The normalized spacial score (nSPS) is 12.2. The predicted molar refractivity (Wildman–Crippen MR) is 95.5 cm³/mol. The smallest absolute Gasteiger partial charge is 0.361 e. The molecule has 0 fully saturated rings. The standard InChI is InChI=1S/C18H17F3N6/c1-3-26(10-12-9-22-14-7-5-4-6-13(12)14)15-8-11(2)23-17-24-16(18(19,20)21)25-27(15)17/h4-9,22H,3,10H2,1-2H3. The summed E-state index contributed by atoms with van der Waals surface area (Å²) in [7, 11) is 0. The highest BCUT2D eigenvalue weighted by atomic mass is 19.4. The van der Waals surface area contributed by atoms with Crippen LogP contribution >= 0.6 is 0 Å². The van der Waals surface area contributed by atoms with Crippen LogP contribution < -0.4 is 4.90 Å². The highest BCUT2D eigenvalue weighted by molar-refractivity contribution is 5.83. The molecule has 0 saturated heterocycles. The maximum absolute atomic E-state index is 13.0. The number of hydrogen-bond donors (Lipinski definition) is 1. The second-order valence-corrected chi connectivity index (χ2v) is 6.27. The number of para-hydroxylation sites is 1. The molecular formula is C18H17F3N6. The van der Waals surface area contributed by atoms with Crippen LogP contribution in [0.4, 0.5) is 19.0 Å². The fourth-order valence-corrected chi connectivity index (χ4v) is 3.14. The predicted octanol–water partition coefficient (Wildman–Crippen LogP) is 3.96. The Labute approximate surface area is 152 Å². The summed E-state index contributed by atoms with van der Waals surface area (Å²) in [5, 5.41) is 4.73. The molecule has 4 aromatic rings. The molecule has 0 aliphatic heterocycles. The third-order valence-corrected chi connectivity index (χ3v) is 4.42. The summed E-state index contributed by atoms with van der Waals surface area (Å²) in [6.07, 6.45) is -2.70. The van der Waals surface area contributed by atoms with Crippen LogP contribution in [0, 0.1) is 6.92 Å². The number of anilines is 1. The first kappa shape index (κ1) is 17.3. The number of H-pyrrole nitrogens is 1. The van der Waals surface area contributed by atoms with Gasteiger partial charge in [-0.05, 0) is 25.5 Å². The van der Waals surface area contributed by atoms with Crippen molar-refractivity contribution in [3.63, 3.8) is 0 Å². The van der Waals surface area contributed by atoms with Gasteiger partial charge in [0.05, 0.1) is 0 Å². The Morgan fingerprint density at radius 1 is 1.19 bits per heavy atom. The monoisotopic (exact) mass is 374 g/mol. The van der Waals surface area contributed by atoms with Gasteiger partial charge in [0.1, 0.15) is 5.82 Å². The minimum Gasteiger partial charge on any atom is -0.361 e. The van der Waals surface area contributed by atoms with Crippen LogP contribution in [0.1, 0.15) is 24.0 Å². The van der Waals surface area contributed by atoms with E-state index < -0.39 is 12.0 Å². The van der Waals surface area contributed by atoms with Gasteiger partial charge in [0.2, 0.25) is 0 Å². The van der Waals surface area contributed by atoms with E-state index in [1.165, 1.54) is 0 Å². The van der Waals surface area contributed by atoms with Crippen LogP contribution in [0.25, 0.3) is 16.7 Å². The molecule has 0 amide bonds. The first-order valence-electron chi connectivity index (χ1n) is 8.48. The lowest BCUT2D eigenvalue weighted by molar-refractivity contribution is -0.144. The van der Waals surface area contributed by atoms with Crippen molar-refractivity contribution in [2.45, 2.75) is 26.6 Å². The summed E-state index contributed by atoms with van der Waals surface area (Å²) >= 11 is 0. The number of benzene rings is 1.